The lowest BCUT2D eigenvalue weighted by Crippen LogP contribution is -2.30. The minimum Gasteiger partial charge on any atom is -0.492 e. The zero-order valence-electron chi connectivity index (χ0n) is 17.7. The van der Waals surface area contributed by atoms with Crippen molar-refractivity contribution in [2.45, 2.75) is 65.1 Å². The first-order valence-electron chi connectivity index (χ1n) is 10.4. The van der Waals surface area contributed by atoms with Gasteiger partial charge in [-0.3, -0.25) is 4.57 Å². The smallest absolute Gasteiger partial charge is 0.297 e. The summed E-state index contributed by atoms with van der Waals surface area (Å²) in [6.07, 6.45) is 4.70. The molecular weight excluding hydrogens is 392 g/mol. The molecule has 0 bridgehead atoms. The SMILES string of the molecule is CCOc1ccc2nc(OC3CCC(OC[C@H](C)CC(C)=O)CC3)n(C)c2c1Cl. The minimum absolute atomic E-state index is 0.116. The molecule has 3 rings (SSSR count). The number of nitrogens with zero attached hydrogens (tertiary/aromatic N) is 2. The Kier molecular flexibility index (Phi) is 7.41. The summed E-state index contributed by atoms with van der Waals surface area (Å²) in [5, 5.41) is 0.561. The summed E-state index contributed by atoms with van der Waals surface area (Å²) in [6, 6.07) is 4.34. The van der Waals surface area contributed by atoms with Gasteiger partial charge in [-0.05, 0) is 57.6 Å². The number of fused-ring (bicyclic) bond motifs is 1. The quantitative estimate of drug-likeness (QED) is 0.572. The number of carbonyl (C=O) groups excluding carboxylic acids is 1. The molecule has 7 heteroatoms. The number of hydrogen-bond donors (Lipinski definition) is 0. The maximum Gasteiger partial charge on any atom is 0.297 e. The minimum atomic E-state index is 0.116. The van der Waals surface area contributed by atoms with Crippen LogP contribution < -0.4 is 9.47 Å². The molecule has 1 aromatic carbocycles. The van der Waals surface area contributed by atoms with Crippen LogP contribution in [-0.4, -0.2) is 40.8 Å². The van der Waals surface area contributed by atoms with Crippen LogP contribution in [0.4, 0.5) is 0 Å². The van der Waals surface area contributed by atoms with Gasteiger partial charge in [0.1, 0.15) is 22.7 Å². The van der Waals surface area contributed by atoms with Crippen LogP contribution in [0.15, 0.2) is 12.1 Å². The molecule has 0 spiro atoms. The molecule has 2 aromatic rings. The second-order valence-electron chi connectivity index (χ2n) is 7.99. The third-order valence-electron chi connectivity index (χ3n) is 5.34. The Balaban J connectivity index is 1.56. The third kappa shape index (κ3) is 5.43. The number of hydrogen-bond acceptors (Lipinski definition) is 5. The number of Topliss-reactive ketones (excluding diaryl/α,β-unsaturated/α-hetero) is 1. The molecule has 1 aliphatic rings. The van der Waals surface area contributed by atoms with E-state index < -0.39 is 0 Å². The van der Waals surface area contributed by atoms with E-state index in [1.165, 1.54) is 0 Å². The molecule has 0 amide bonds. The van der Waals surface area contributed by atoms with Crippen LogP contribution in [-0.2, 0) is 16.6 Å². The molecule has 160 valence electrons. The van der Waals surface area contributed by atoms with Gasteiger partial charge in [-0.25, -0.2) is 0 Å². The van der Waals surface area contributed by atoms with E-state index in [9.17, 15) is 4.79 Å². The van der Waals surface area contributed by atoms with Crippen molar-refractivity contribution in [2.75, 3.05) is 13.2 Å². The zero-order valence-corrected chi connectivity index (χ0v) is 18.5. The predicted molar refractivity (Wildman–Crippen MR) is 114 cm³/mol. The second-order valence-corrected chi connectivity index (χ2v) is 8.37. The maximum absolute atomic E-state index is 11.2. The average Bonchev–Trinajstić information content (AvgIpc) is 2.99. The van der Waals surface area contributed by atoms with E-state index in [0.717, 1.165) is 36.7 Å². The summed E-state index contributed by atoms with van der Waals surface area (Å²) in [5.41, 5.74) is 1.62. The van der Waals surface area contributed by atoms with Gasteiger partial charge in [-0.1, -0.05) is 18.5 Å². The van der Waals surface area contributed by atoms with Gasteiger partial charge < -0.3 is 19.0 Å². The normalized spacial score (nSPS) is 20.6. The van der Waals surface area contributed by atoms with Gasteiger partial charge >= 0.3 is 0 Å². The predicted octanol–water partition coefficient (Wildman–Crippen LogP) is 4.95. The molecule has 1 saturated carbocycles. The van der Waals surface area contributed by atoms with Gasteiger partial charge in [-0.2, -0.15) is 4.98 Å². The topological polar surface area (TPSA) is 62.6 Å². The summed E-state index contributed by atoms with van der Waals surface area (Å²) < 4.78 is 19.7. The molecule has 1 atom stereocenters. The number of aromatic nitrogens is 2. The fourth-order valence-corrected chi connectivity index (χ4v) is 4.25. The van der Waals surface area contributed by atoms with E-state index in [0.29, 0.717) is 36.4 Å². The van der Waals surface area contributed by atoms with Gasteiger partial charge in [-0.15, -0.1) is 0 Å². The molecule has 0 aliphatic heterocycles. The molecule has 1 aliphatic carbocycles. The molecular formula is C22H31ClN2O4. The highest BCUT2D eigenvalue weighted by Gasteiger charge is 2.25. The van der Waals surface area contributed by atoms with E-state index in [4.69, 9.17) is 25.8 Å². The summed E-state index contributed by atoms with van der Waals surface area (Å²) >= 11 is 6.51. The Labute approximate surface area is 177 Å². The van der Waals surface area contributed by atoms with Crippen LogP contribution in [0.1, 0.15) is 52.9 Å². The lowest BCUT2D eigenvalue weighted by atomic mass is 9.95. The zero-order chi connectivity index (χ0) is 21.0. The number of ether oxygens (including phenoxy) is 3. The lowest BCUT2D eigenvalue weighted by Gasteiger charge is -2.29. The van der Waals surface area contributed by atoms with Gasteiger partial charge in [0.05, 0.1) is 23.7 Å². The van der Waals surface area contributed by atoms with Crippen LogP contribution in [0.3, 0.4) is 0 Å². The second kappa shape index (κ2) is 9.81. The number of carbonyl (C=O) groups is 1. The standard InChI is InChI=1S/C22H31ClN2O4/c1-5-27-19-11-10-18-21(20(19)23)25(4)22(24-18)29-17-8-6-16(7-9-17)28-13-14(2)12-15(3)26/h10-11,14,16-17H,5-9,12-13H2,1-4H3/t14-,16?,17?/m1/s1. The van der Waals surface area contributed by atoms with Crippen molar-refractivity contribution in [3.05, 3.63) is 17.2 Å². The Morgan fingerprint density at radius 1 is 1.28 bits per heavy atom. The number of aryl methyl sites for hydroxylation is 1. The van der Waals surface area contributed by atoms with Crippen LogP contribution in [0, 0.1) is 5.92 Å². The average molecular weight is 423 g/mol. The number of rotatable bonds is 9. The van der Waals surface area contributed by atoms with Crippen molar-refractivity contribution < 1.29 is 19.0 Å². The number of ketones is 1. The number of benzene rings is 1. The van der Waals surface area contributed by atoms with Crippen molar-refractivity contribution in [1.82, 2.24) is 9.55 Å². The molecule has 6 nitrogen and oxygen atoms in total. The Hall–Kier alpha value is -1.79. The van der Waals surface area contributed by atoms with Gasteiger partial charge in [0.2, 0.25) is 0 Å². The molecule has 1 fully saturated rings. The van der Waals surface area contributed by atoms with Gasteiger partial charge in [0, 0.05) is 20.1 Å². The molecule has 29 heavy (non-hydrogen) atoms. The lowest BCUT2D eigenvalue weighted by molar-refractivity contribution is -0.118. The van der Waals surface area contributed by atoms with Crippen LogP contribution in [0.5, 0.6) is 11.8 Å². The van der Waals surface area contributed by atoms with Crippen molar-refractivity contribution in [1.29, 1.82) is 0 Å². The van der Waals surface area contributed by atoms with Crippen molar-refractivity contribution in [2.24, 2.45) is 13.0 Å². The summed E-state index contributed by atoms with van der Waals surface area (Å²) in [5.74, 6) is 1.15. The van der Waals surface area contributed by atoms with Crippen LogP contribution in [0.2, 0.25) is 5.02 Å². The van der Waals surface area contributed by atoms with Crippen LogP contribution >= 0.6 is 11.6 Å². The van der Waals surface area contributed by atoms with Crippen LogP contribution in [0.25, 0.3) is 11.0 Å². The first-order valence-corrected chi connectivity index (χ1v) is 10.8. The highest BCUT2D eigenvalue weighted by Crippen LogP contribution is 2.35. The summed E-state index contributed by atoms with van der Waals surface area (Å²) in [7, 11) is 1.91. The molecule has 0 saturated heterocycles. The molecule has 0 unspecified atom stereocenters. The van der Waals surface area contributed by atoms with E-state index >= 15 is 0 Å². The molecule has 0 radical (unpaired) electrons. The first kappa shape index (κ1) is 21.9. The van der Waals surface area contributed by atoms with E-state index in [1.54, 1.807) is 6.92 Å². The van der Waals surface area contributed by atoms with Crippen molar-refractivity contribution in [3.8, 4) is 11.8 Å². The number of halogens is 1. The number of imidazole rings is 1. The fraction of sp³-hybridized carbons (Fsp3) is 0.636. The molecule has 1 aromatic heterocycles. The fourth-order valence-electron chi connectivity index (χ4n) is 3.91. The summed E-state index contributed by atoms with van der Waals surface area (Å²) in [4.78, 5) is 15.8. The first-order chi connectivity index (χ1) is 13.9. The largest absolute Gasteiger partial charge is 0.492 e. The molecule has 1 heterocycles. The molecule has 0 N–H and O–H groups in total. The van der Waals surface area contributed by atoms with E-state index in [-0.39, 0.29) is 23.9 Å². The monoisotopic (exact) mass is 422 g/mol. The van der Waals surface area contributed by atoms with E-state index in [1.807, 2.05) is 30.7 Å². The third-order valence-corrected chi connectivity index (χ3v) is 5.71. The van der Waals surface area contributed by atoms with Gasteiger partial charge in [0.15, 0.2) is 0 Å². The Morgan fingerprint density at radius 2 is 1.97 bits per heavy atom. The summed E-state index contributed by atoms with van der Waals surface area (Å²) in [6.45, 7) is 6.82. The highest BCUT2D eigenvalue weighted by atomic mass is 35.5. The van der Waals surface area contributed by atoms with E-state index in [2.05, 4.69) is 11.9 Å². The van der Waals surface area contributed by atoms with Gasteiger partial charge in [0.25, 0.3) is 6.01 Å². The highest BCUT2D eigenvalue weighted by molar-refractivity contribution is 6.36. The van der Waals surface area contributed by atoms with Crippen molar-refractivity contribution >= 4 is 28.4 Å². The Morgan fingerprint density at radius 3 is 2.62 bits per heavy atom. The Bertz CT molecular complexity index is 843. The maximum atomic E-state index is 11.2. The van der Waals surface area contributed by atoms with Crippen molar-refractivity contribution in [3.63, 3.8) is 0 Å².